The number of benzene rings is 1. The van der Waals surface area contributed by atoms with Crippen LogP contribution in [0.1, 0.15) is 42.3 Å². The third kappa shape index (κ3) is 3.71. The van der Waals surface area contributed by atoms with Gasteiger partial charge in [0.25, 0.3) is 0 Å². The molecule has 0 amide bonds. The molecule has 0 saturated heterocycles. The predicted octanol–water partition coefficient (Wildman–Crippen LogP) is 3.47. The van der Waals surface area contributed by atoms with Gasteiger partial charge in [0.2, 0.25) is 0 Å². The van der Waals surface area contributed by atoms with E-state index in [1.807, 2.05) is 26.0 Å². The Morgan fingerprint density at radius 2 is 2.18 bits per heavy atom. The van der Waals surface area contributed by atoms with E-state index in [0.717, 1.165) is 18.2 Å². The van der Waals surface area contributed by atoms with E-state index < -0.39 is 5.97 Å². The second-order valence-electron chi connectivity index (χ2n) is 3.67. The molecule has 1 rings (SSSR count). The van der Waals surface area contributed by atoms with Gasteiger partial charge in [-0.15, -0.1) is 0 Å². The highest BCUT2D eigenvalue weighted by Gasteiger charge is 2.16. The molecule has 1 aromatic carbocycles. The SMILES string of the molecule is C=COC(=O)c1ccccc1C(C)OCCC. The van der Waals surface area contributed by atoms with Crippen LogP contribution in [0.25, 0.3) is 0 Å². The Balaban J connectivity index is 2.90. The zero-order chi connectivity index (χ0) is 12.7. The van der Waals surface area contributed by atoms with Gasteiger partial charge in [0.1, 0.15) is 0 Å². The molecule has 0 heterocycles. The number of carbonyl (C=O) groups is 1. The molecule has 0 radical (unpaired) electrons. The quantitative estimate of drug-likeness (QED) is 0.558. The number of ether oxygens (including phenoxy) is 2. The second-order valence-corrected chi connectivity index (χ2v) is 3.67. The third-order valence-corrected chi connectivity index (χ3v) is 2.38. The lowest BCUT2D eigenvalue weighted by Gasteiger charge is -2.15. The molecule has 17 heavy (non-hydrogen) atoms. The predicted molar refractivity (Wildman–Crippen MR) is 66.7 cm³/mol. The Kier molecular flexibility index (Phi) is 5.43. The van der Waals surface area contributed by atoms with Crippen molar-refractivity contribution >= 4 is 5.97 Å². The minimum absolute atomic E-state index is 0.122. The van der Waals surface area contributed by atoms with Gasteiger partial charge in [-0.2, -0.15) is 0 Å². The molecule has 1 unspecified atom stereocenters. The summed E-state index contributed by atoms with van der Waals surface area (Å²) in [5.74, 6) is -0.400. The standard InChI is InChI=1S/C14H18O3/c1-4-10-17-11(3)12-8-6-7-9-13(12)14(15)16-5-2/h5-9,11H,2,4,10H2,1,3H3. The number of hydrogen-bond donors (Lipinski definition) is 0. The van der Waals surface area contributed by atoms with Crippen LogP contribution >= 0.6 is 0 Å². The van der Waals surface area contributed by atoms with Crippen molar-refractivity contribution in [3.8, 4) is 0 Å². The number of esters is 1. The zero-order valence-corrected chi connectivity index (χ0v) is 10.3. The van der Waals surface area contributed by atoms with Crippen LogP contribution in [-0.2, 0) is 9.47 Å². The first-order valence-electron chi connectivity index (χ1n) is 5.73. The minimum atomic E-state index is -0.400. The van der Waals surface area contributed by atoms with Gasteiger partial charge in [-0.05, 0) is 25.0 Å². The molecule has 1 atom stereocenters. The number of carbonyl (C=O) groups excluding carboxylic acids is 1. The Bertz CT molecular complexity index is 385. The zero-order valence-electron chi connectivity index (χ0n) is 10.3. The first kappa shape index (κ1) is 13.5. The lowest BCUT2D eigenvalue weighted by molar-refractivity contribution is 0.0585. The van der Waals surface area contributed by atoms with Gasteiger partial charge in [-0.1, -0.05) is 31.7 Å². The van der Waals surface area contributed by atoms with Gasteiger partial charge in [0, 0.05) is 6.61 Å². The van der Waals surface area contributed by atoms with E-state index >= 15 is 0 Å². The third-order valence-electron chi connectivity index (χ3n) is 2.38. The van der Waals surface area contributed by atoms with Crippen LogP contribution in [0.2, 0.25) is 0 Å². The second kappa shape index (κ2) is 6.86. The molecule has 0 aliphatic heterocycles. The summed E-state index contributed by atoms with van der Waals surface area (Å²) in [4.78, 5) is 11.7. The molecule has 0 saturated carbocycles. The highest BCUT2D eigenvalue weighted by molar-refractivity contribution is 5.91. The Morgan fingerprint density at radius 3 is 2.82 bits per heavy atom. The lowest BCUT2D eigenvalue weighted by Crippen LogP contribution is -2.09. The summed E-state index contributed by atoms with van der Waals surface area (Å²) in [7, 11) is 0. The Hall–Kier alpha value is -1.61. The molecule has 0 fully saturated rings. The van der Waals surface area contributed by atoms with Crippen molar-refractivity contribution in [3.05, 3.63) is 48.2 Å². The maximum absolute atomic E-state index is 11.7. The van der Waals surface area contributed by atoms with E-state index in [1.54, 1.807) is 12.1 Å². The molecular formula is C14H18O3. The Labute approximate surface area is 102 Å². The van der Waals surface area contributed by atoms with Crippen LogP contribution in [0.4, 0.5) is 0 Å². The summed E-state index contributed by atoms with van der Waals surface area (Å²) < 4.78 is 10.4. The van der Waals surface area contributed by atoms with Gasteiger partial charge in [-0.3, -0.25) is 0 Å². The molecule has 3 heteroatoms. The van der Waals surface area contributed by atoms with Gasteiger partial charge in [0.05, 0.1) is 17.9 Å². The molecule has 1 aromatic rings. The van der Waals surface area contributed by atoms with Crippen LogP contribution in [0.3, 0.4) is 0 Å². The van der Waals surface area contributed by atoms with E-state index in [2.05, 4.69) is 6.58 Å². The topological polar surface area (TPSA) is 35.5 Å². The van der Waals surface area contributed by atoms with Crippen molar-refractivity contribution in [1.29, 1.82) is 0 Å². The average Bonchev–Trinajstić information content (AvgIpc) is 2.36. The highest BCUT2D eigenvalue weighted by atomic mass is 16.5. The van der Waals surface area contributed by atoms with Crippen molar-refractivity contribution in [2.24, 2.45) is 0 Å². The summed E-state index contributed by atoms with van der Waals surface area (Å²) in [6.45, 7) is 8.02. The monoisotopic (exact) mass is 234 g/mol. The molecule has 0 N–H and O–H groups in total. The molecule has 0 bridgehead atoms. The molecule has 0 aliphatic rings. The fraction of sp³-hybridized carbons (Fsp3) is 0.357. The van der Waals surface area contributed by atoms with E-state index in [-0.39, 0.29) is 6.10 Å². The minimum Gasteiger partial charge on any atom is -0.432 e. The fourth-order valence-electron chi connectivity index (χ4n) is 1.56. The van der Waals surface area contributed by atoms with Crippen molar-refractivity contribution in [3.63, 3.8) is 0 Å². The van der Waals surface area contributed by atoms with Crippen LogP contribution < -0.4 is 0 Å². The van der Waals surface area contributed by atoms with Crippen molar-refractivity contribution in [1.82, 2.24) is 0 Å². The van der Waals surface area contributed by atoms with E-state index in [1.165, 1.54) is 0 Å². The van der Waals surface area contributed by atoms with Crippen molar-refractivity contribution in [2.75, 3.05) is 6.61 Å². The number of rotatable bonds is 6. The lowest BCUT2D eigenvalue weighted by atomic mass is 10.0. The van der Waals surface area contributed by atoms with E-state index in [4.69, 9.17) is 9.47 Å². The summed E-state index contributed by atoms with van der Waals surface area (Å²) in [6, 6.07) is 7.29. The Morgan fingerprint density at radius 1 is 1.47 bits per heavy atom. The maximum Gasteiger partial charge on any atom is 0.343 e. The van der Waals surface area contributed by atoms with Crippen LogP contribution in [0.15, 0.2) is 37.1 Å². The summed E-state index contributed by atoms with van der Waals surface area (Å²) in [5, 5.41) is 0. The van der Waals surface area contributed by atoms with Gasteiger partial charge in [0.15, 0.2) is 0 Å². The van der Waals surface area contributed by atoms with E-state index in [0.29, 0.717) is 12.2 Å². The normalized spacial score (nSPS) is 11.9. The van der Waals surface area contributed by atoms with Gasteiger partial charge >= 0.3 is 5.97 Å². The number of hydrogen-bond acceptors (Lipinski definition) is 3. The molecule has 0 spiro atoms. The van der Waals surface area contributed by atoms with Gasteiger partial charge < -0.3 is 9.47 Å². The van der Waals surface area contributed by atoms with Crippen LogP contribution in [-0.4, -0.2) is 12.6 Å². The summed E-state index contributed by atoms with van der Waals surface area (Å²) >= 11 is 0. The summed E-state index contributed by atoms with van der Waals surface area (Å²) in [5.41, 5.74) is 1.36. The summed E-state index contributed by atoms with van der Waals surface area (Å²) in [6.07, 6.45) is 1.96. The maximum atomic E-state index is 11.7. The first-order chi connectivity index (χ1) is 8.20. The molecule has 3 nitrogen and oxygen atoms in total. The van der Waals surface area contributed by atoms with Crippen LogP contribution in [0, 0.1) is 0 Å². The van der Waals surface area contributed by atoms with Crippen molar-refractivity contribution < 1.29 is 14.3 Å². The first-order valence-corrected chi connectivity index (χ1v) is 5.73. The van der Waals surface area contributed by atoms with Crippen molar-refractivity contribution in [2.45, 2.75) is 26.4 Å². The van der Waals surface area contributed by atoms with Gasteiger partial charge in [-0.25, -0.2) is 4.79 Å². The average molecular weight is 234 g/mol. The smallest absolute Gasteiger partial charge is 0.343 e. The fourth-order valence-corrected chi connectivity index (χ4v) is 1.56. The highest BCUT2D eigenvalue weighted by Crippen LogP contribution is 2.22. The van der Waals surface area contributed by atoms with E-state index in [9.17, 15) is 4.79 Å². The molecule has 0 aromatic heterocycles. The largest absolute Gasteiger partial charge is 0.432 e. The molecule has 0 aliphatic carbocycles. The molecule has 92 valence electrons. The van der Waals surface area contributed by atoms with Crippen LogP contribution in [0.5, 0.6) is 0 Å². The molecular weight excluding hydrogens is 216 g/mol.